The maximum absolute atomic E-state index is 13.2. The molecule has 1 aromatic carbocycles. The Morgan fingerprint density at radius 2 is 2.12 bits per heavy atom. The van der Waals surface area contributed by atoms with Crippen molar-refractivity contribution < 1.29 is 19.4 Å². The molecule has 1 aliphatic rings. The third-order valence-electron chi connectivity index (χ3n) is 4.43. The predicted octanol–water partition coefficient (Wildman–Crippen LogP) is 2.06. The average Bonchev–Trinajstić information content (AvgIpc) is 3.12. The Morgan fingerprint density at radius 1 is 1.42 bits per heavy atom. The summed E-state index contributed by atoms with van der Waals surface area (Å²) in [5, 5.41) is 27.0. The van der Waals surface area contributed by atoms with Crippen LogP contribution in [0.15, 0.2) is 24.4 Å². The first-order valence-electron chi connectivity index (χ1n) is 7.94. The molecule has 1 fully saturated rings. The number of aromatic hydroxyl groups is 1. The van der Waals surface area contributed by atoms with Crippen LogP contribution in [-0.2, 0) is 0 Å². The van der Waals surface area contributed by atoms with E-state index in [4.69, 9.17) is 0 Å². The molecule has 3 N–H and O–H groups in total. The highest BCUT2D eigenvalue weighted by molar-refractivity contribution is 5.94. The smallest absolute Gasteiger partial charge is 0.275 e. The molecule has 3 rings (SSSR count). The zero-order valence-corrected chi connectivity index (χ0v) is 13.4. The Morgan fingerprint density at radius 3 is 2.79 bits per heavy atom. The zero-order chi connectivity index (χ0) is 17.3. The molecule has 24 heavy (non-hydrogen) atoms. The Hall–Kier alpha value is -2.41. The van der Waals surface area contributed by atoms with E-state index < -0.39 is 11.5 Å². The number of carbonyl (C=O) groups is 1. The van der Waals surface area contributed by atoms with Crippen LogP contribution in [0, 0.1) is 12.7 Å². The number of aliphatic hydroxyl groups is 1. The third kappa shape index (κ3) is 3.26. The predicted molar refractivity (Wildman–Crippen MR) is 85.7 cm³/mol. The first kappa shape index (κ1) is 16.4. The van der Waals surface area contributed by atoms with Gasteiger partial charge in [0.25, 0.3) is 5.91 Å². The summed E-state index contributed by atoms with van der Waals surface area (Å²) in [5.74, 6) is -1.18. The molecule has 0 saturated heterocycles. The van der Waals surface area contributed by atoms with Crippen molar-refractivity contribution in [1.82, 2.24) is 15.1 Å². The molecular weight excluding hydrogens is 313 g/mol. The largest absolute Gasteiger partial charge is 0.504 e. The van der Waals surface area contributed by atoms with Crippen molar-refractivity contribution in [2.24, 2.45) is 0 Å². The summed E-state index contributed by atoms with van der Waals surface area (Å²) in [6.07, 6.45) is 4.50. The van der Waals surface area contributed by atoms with Gasteiger partial charge in [-0.15, -0.1) is 0 Å². The van der Waals surface area contributed by atoms with Crippen LogP contribution in [0.5, 0.6) is 5.75 Å². The van der Waals surface area contributed by atoms with Crippen molar-refractivity contribution in [2.75, 3.05) is 6.54 Å². The molecule has 1 amide bonds. The maximum Gasteiger partial charge on any atom is 0.275 e. The number of rotatable bonds is 4. The van der Waals surface area contributed by atoms with Gasteiger partial charge in [-0.25, -0.2) is 9.07 Å². The van der Waals surface area contributed by atoms with E-state index >= 15 is 0 Å². The van der Waals surface area contributed by atoms with Crippen molar-refractivity contribution in [3.05, 3.63) is 41.5 Å². The highest BCUT2D eigenvalue weighted by Crippen LogP contribution is 2.29. The second-order valence-corrected chi connectivity index (χ2v) is 6.35. The highest BCUT2D eigenvalue weighted by Gasteiger charge is 2.32. The van der Waals surface area contributed by atoms with Crippen LogP contribution in [0.4, 0.5) is 4.39 Å². The number of aryl methyl sites for hydroxylation is 1. The van der Waals surface area contributed by atoms with Crippen molar-refractivity contribution in [1.29, 1.82) is 0 Å². The summed E-state index contributed by atoms with van der Waals surface area (Å²) in [5.41, 5.74) is 0.201. The van der Waals surface area contributed by atoms with E-state index in [-0.39, 0.29) is 23.8 Å². The molecule has 0 spiro atoms. The van der Waals surface area contributed by atoms with Crippen LogP contribution in [0.2, 0.25) is 0 Å². The van der Waals surface area contributed by atoms with Gasteiger partial charge in [0.2, 0.25) is 0 Å². The molecule has 6 nitrogen and oxygen atoms in total. The normalized spacial score (nSPS) is 16.3. The van der Waals surface area contributed by atoms with E-state index in [0.717, 1.165) is 12.8 Å². The van der Waals surface area contributed by atoms with Gasteiger partial charge in [0, 0.05) is 6.54 Å². The van der Waals surface area contributed by atoms with E-state index in [1.54, 1.807) is 6.92 Å². The Labute approximate surface area is 138 Å². The molecule has 2 aromatic rings. The van der Waals surface area contributed by atoms with Crippen molar-refractivity contribution in [3.8, 4) is 11.4 Å². The van der Waals surface area contributed by atoms with Crippen LogP contribution in [0.1, 0.15) is 41.7 Å². The van der Waals surface area contributed by atoms with Crippen LogP contribution < -0.4 is 5.32 Å². The molecule has 0 radical (unpaired) electrons. The fourth-order valence-electron chi connectivity index (χ4n) is 3.06. The van der Waals surface area contributed by atoms with Crippen LogP contribution in [0.3, 0.4) is 0 Å². The van der Waals surface area contributed by atoms with Gasteiger partial charge in [-0.3, -0.25) is 4.79 Å². The number of halogens is 1. The molecule has 1 aromatic heterocycles. The summed E-state index contributed by atoms with van der Waals surface area (Å²) >= 11 is 0. The highest BCUT2D eigenvalue weighted by atomic mass is 19.1. The van der Waals surface area contributed by atoms with Gasteiger partial charge >= 0.3 is 0 Å². The van der Waals surface area contributed by atoms with Gasteiger partial charge in [-0.05, 0) is 43.5 Å². The summed E-state index contributed by atoms with van der Waals surface area (Å²) in [6.45, 7) is 1.85. The standard InChI is InChI=1S/C17H20FN3O3/c1-11-8-12(18)4-5-13(11)21-9-14(22)15(20-21)16(23)19-10-17(24)6-2-3-7-17/h4-5,8-9,22,24H,2-3,6-7,10H2,1H3,(H,19,23). The first-order chi connectivity index (χ1) is 11.4. The topological polar surface area (TPSA) is 87.4 Å². The lowest BCUT2D eigenvalue weighted by molar-refractivity contribution is 0.0448. The van der Waals surface area contributed by atoms with Crippen molar-refractivity contribution >= 4 is 5.91 Å². The average molecular weight is 333 g/mol. The van der Waals surface area contributed by atoms with E-state index in [1.807, 2.05) is 0 Å². The number of carbonyl (C=O) groups excluding carboxylic acids is 1. The van der Waals surface area contributed by atoms with Gasteiger partial charge in [0.1, 0.15) is 5.82 Å². The van der Waals surface area contributed by atoms with E-state index in [2.05, 4.69) is 10.4 Å². The second-order valence-electron chi connectivity index (χ2n) is 6.35. The fraction of sp³-hybridized carbons (Fsp3) is 0.412. The molecule has 128 valence electrons. The molecule has 1 saturated carbocycles. The molecule has 0 bridgehead atoms. The Kier molecular flexibility index (Phi) is 4.28. The number of aromatic nitrogens is 2. The summed E-state index contributed by atoms with van der Waals surface area (Å²) in [6, 6.07) is 4.17. The number of hydrogen-bond donors (Lipinski definition) is 3. The van der Waals surface area contributed by atoms with Crippen molar-refractivity contribution in [2.45, 2.75) is 38.2 Å². The maximum atomic E-state index is 13.2. The Balaban J connectivity index is 1.77. The van der Waals surface area contributed by atoms with Gasteiger partial charge in [-0.2, -0.15) is 5.10 Å². The minimum absolute atomic E-state index is 0.125. The number of nitrogens with one attached hydrogen (secondary N) is 1. The molecule has 1 heterocycles. The van der Waals surface area contributed by atoms with Gasteiger partial charge in [-0.1, -0.05) is 12.8 Å². The summed E-state index contributed by atoms with van der Waals surface area (Å²) < 4.78 is 14.5. The molecule has 0 unspecified atom stereocenters. The van der Waals surface area contributed by atoms with Crippen molar-refractivity contribution in [3.63, 3.8) is 0 Å². The summed E-state index contributed by atoms with van der Waals surface area (Å²) in [4.78, 5) is 12.2. The van der Waals surface area contributed by atoms with Gasteiger partial charge < -0.3 is 15.5 Å². The van der Waals surface area contributed by atoms with Crippen LogP contribution in [0.25, 0.3) is 5.69 Å². The zero-order valence-electron chi connectivity index (χ0n) is 13.4. The van der Waals surface area contributed by atoms with Crippen LogP contribution in [-0.4, -0.2) is 38.0 Å². The number of amides is 1. The van der Waals surface area contributed by atoms with E-state index in [1.165, 1.54) is 29.1 Å². The summed E-state index contributed by atoms with van der Waals surface area (Å²) in [7, 11) is 0. The molecule has 0 atom stereocenters. The SMILES string of the molecule is Cc1cc(F)ccc1-n1cc(O)c(C(=O)NCC2(O)CCCC2)n1. The molecule has 0 aliphatic heterocycles. The minimum Gasteiger partial charge on any atom is -0.504 e. The van der Waals surface area contributed by atoms with Gasteiger partial charge in [0.05, 0.1) is 17.5 Å². The van der Waals surface area contributed by atoms with Crippen LogP contribution >= 0.6 is 0 Å². The van der Waals surface area contributed by atoms with E-state index in [0.29, 0.717) is 24.1 Å². The lowest BCUT2D eigenvalue weighted by atomic mass is 10.0. The first-order valence-corrected chi connectivity index (χ1v) is 7.94. The quantitative estimate of drug-likeness (QED) is 0.799. The second kappa shape index (κ2) is 6.24. The van der Waals surface area contributed by atoms with Gasteiger partial charge in [0.15, 0.2) is 11.4 Å². The number of nitrogens with zero attached hydrogens (tertiary/aromatic N) is 2. The lowest BCUT2D eigenvalue weighted by Gasteiger charge is -2.21. The Bertz CT molecular complexity index is 766. The molecular formula is C17H20FN3O3. The fourth-order valence-corrected chi connectivity index (χ4v) is 3.06. The lowest BCUT2D eigenvalue weighted by Crippen LogP contribution is -2.40. The molecule has 7 heteroatoms. The third-order valence-corrected chi connectivity index (χ3v) is 4.43. The minimum atomic E-state index is -0.874. The number of hydrogen-bond acceptors (Lipinski definition) is 4. The monoisotopic (exact) mass is 333 g/mol. The molecule has 1 aliphatic carbocycles. The van der Waals surface area contributed by atoms with E-state index in [9.17, 15) is 19.4 Å². The number of benzene rings is 1.